The van der Waals surface area contributed by atoms with Crippen LogP contribution in [0.2, 0.25) is 0 Å². The molecule has 0 saturated heterocycles. The van der Waals surface area contributed by atoms with E-state index < -0.39 is 10.0 Å². The number of aromatic amines is 1. The summed E-state index contributed by atoms with van der Waals surface area (Å²) in [5, 5.41) is 1.09. The highest BCUT2D eigenvalue weighted by Crippen LogP contribution is 2.31. The van der Waals surface area contributed by atoms with Crippen LogP contribution in [-0.4, -0.2) is 19.4 Å². The first kappa shape index (κ1) is 16.2. The van der Waals surface area contributed by atoms with Crippen molar-refractivity contribution in [3.05, 3.63) is 29.5 Å². The molecule has 1 saturated carbocycles. The molecule has 1 fully saturated rings. The van der Waals surface area contributed by atoms with Crippen molar-refractivity contribution in [2.24, 2.45) is 5.92 Å². The van der Waals surface area contributed by atoms with Gasteiger partial charge in [0.25, 0.3) is 0 Å². The molecule has 2 aliphatic carbocycles. The van der Waals surface area contributed by atoms with Gasteiger partial charge in [-0.3, -0.25) is 0 Å². The van der Waals surface area contributed by atoms with Gasteiger partial charge in [0.15, 0.2) is 0 Å². The van der Waals surface area contributed by atoms with Crippen molar-refractivity contribution in [2.75, 3.05) is 0 Å². The van der Waals surface area contributed by atoms with E-state index in [2.05, 4.69) is 16.6 Å². The fraction of sp³-hybridized carbons (Fsp3) is 0.579. The van der Waals surface area contributed by atoms with E-state index in [0.717, 1.165) is 49.4 Å². The Morgan fingerprint density at radius 2 is 1.83 bits per heavy atom. The summed E-state index contributed by atoms with van der Waals surface area (Å²) >= 11 is 0. The maximum Gasteiger partial charge on any atom is 0.240 e. The molecule has 0 unspecified atom stereocenters. The molecule has 2 aromatic rings. The molecule has 0 radical (unpaired) electrons. The predicted octanol–water partition coefficient (Wildman–Crippen LogP) is 3.90. The standard InChI is InChI=1S/C19H26N2O2S/c1-13-6-8-14(9-7-13)21-24(22,23)15-10-11-19-17(12-15)16-4-2-3-5-18(16)20-19/h10-14,20-21H,2-9H2,1H3. The number of hydrogen-bond donors (Lipinski definition) is 2. The summed E-state index contributed by atoms with van der Waals surface area (Å²) in [5.41, 5.74) is 3.67. The maximum absolute atomic E-state index is 12.8. The summed E-state index contributed by atoms with van der Waals surface area (Å²) in [6.45, 7) is 2.24. The number of aromatic nitrogens is 1. The van der Waals surface area contributed by atoms with Crippen LogP contribution in [0.4, 0.5) is 0 Å². The molecule has 0 atom stereocenters. The SMILES string of the molecule is CC1CCC(NS(=O)(=O)c2ccc3[nH]c4c(c3c2)CCCC4)CC1. The van der Waals surface area contributed by atoms with Gasteiger partial charge in [-0.2, -0.15) is 0 Å². The van der Waals surface area contributed by atoms with E-state index >= 15 is 0 Å². The lowest BCUT2D eigenvalue weighted by Gasteiger charge is -2.26. The first-order valence-electron chi connectivity index (χ1n) is 9.19. The molecule has 1 heterocycles. The largest absolute Gasteiger partial charge is 0.358 e. The lowest BCUT2D eigenvalue weighted by molar-refractivity contribution is 0.332. The van der Waals surface area contributed by atoms with Crippen molar-refractivity contribution in [2.45, 2.75) is 69.2 Å². The minimum absolute atomic E-state index is 0.0852. The summed E-state index contributed by atoms with van der Waals surface area (Å²) in [7, 11) is -3.44. The van der Waals surface area contributed by atoms with E-state index in [-0.39, 0.29) is 6.04 Å². The third-order valence-electron chi connectivity index (χ3n) is 5.72. The molecule has 1 aromatic heterocycles. The van der Waals surface area contributed by atoms with E-state index in [1.165, 1.54) is 24.1 Å². The highest BCUT2D eigenvalue weighted by atomic mass is 32.2. The van der Waals surface area contributed by atoms with Crippen LogP contribution in [-0.2, 0) is 22.9 Å². The molecular weight excluding hydrogens is 320 g/mol. The highest BCUT2D eigenvalue weighted by molar-refractivity contribution is 7.89. The van der Waals surface area contributed by atoms with Crippen molar-refractivity contribution in [1.29, 1.82) is 0 Å². The Labute approximate surface area is 144 Å². The Kier molecular flexibility index (Phi) is 4.17. The van der Waals surface area contributed by atoms with Crippen molar-refractivity contribution < 1.29 is 8.42 Å². The molecule has 130 valence electrons. The van der Waals surface area contributed by atoms with E-state index in [1.807, 2.05) is 12.1 Å². The molecule has 2 aliphatic rings. The van der Waals surface area contributed by atoms with Gasteiger partial charge in [0.05, 0.1) is 4.90 Å². The molecular formula is C19H26N2O2S. The molecule has 0 bridgehead atoms. The van der Waals surface area contributed by atoms with Crippen molar-refractivity contribution in [3.8, 4) is 0 Å². The van der Waals surface area contributed by atoms with E-state index in [9.17, 15) is 8.42 Å². The zero-order valence-corrected chi connectivity index (χ0v) is 15.1. The lowest BCUT2D eigenvalue weighted by atomic mass is 9.88. The Hall–Kier alpha value is -1.33. The Balaban J connectivity index is 1.62. The van der Waals surface area contributed by atoms with Crippen LogP contribution in [0.5, 0.6) is 0 Å². The Bertz CT molecular complexity index is 846. The topological polar surface area (TPSA) is 62.0 Å². The van der Waals surface area contributed by atoms with Crippen molar-refractivity contribution >= 4 is 20.9 Å². The molecule has 1 aromatic carbocycles. The van der Waals surface area contributed by atoms with Gasteiger partial charge in [-0.05, 0) is 81.0 Å². The quantitative estimate of drug-likeness (QED) is 0.885. The second kappa shape index (κ2) is 6.19. The van der Waals surface area contributed by atoms with Gasteiger partial charge in [-0.15, -0.1) is 0 Å². The number of benzene rings is 1. The molecule has 24 heavy (non-hydrogen) atoms. The second-order valence-electron chi connectivity index (χ2n) is 7.57. The van der Waals surface area contributed by atoms with Gasteiger partial charge in [0, 0.05) is 22.6 Å². The van der Waals surface area contributed by atoms with Gasteiger partial charge in [0.2, 0.25) is 10.0 Å². The predicted molar refractivity (Wildman–Crippen MR) is 96.7 cm³/mol. The Morgan fingerprint density at radius 1 is 1.08 bits per heavy atom. The molecule has 0 aliphatic heterocycles. The van der Waals surface area contributed by atoms with Crippen LogP contribution in [0, 0.1) is 5.92 Å². The number of hydrogen-bond acceptors (Lipinski definition) is 2. The number of aryl methyl sites for hydroxylation is 2. The van der Waals surface area contributed by atoms with E-state index in [4.69, 9.17) is 0 Å². The fourth-order valence-corrected chi connectivity index (χ4v) is 5.55. The summed E-state index contributed by atoms with van der Waals surface area (Å²) in [4.78, 5) is 3.87. The highest BCUT2D eigenvalue weighted by Gasteiger charge is 2.25. The van der Waals surface area contributed by atoms with Gasteiger partial charge < -0.3 is 4.98 Å². The third-order valence-corrected chi connectivity index (χ3v) is 7.24. The summed E-state index contributed by atoms with van der Waals surface area (Å²) < 4.78 is 28.5. The third kappa shape index (κ3) is 3.00. The smallest absolute Gasteiger partial charge is 0.240 e. The summed E-state index contributed by atoms with van der Waals surface area (Å²) in [5.74, 6) is 0.716. The van der Waals surface area contributed by atoms with Crippen LogP contribution >= 0.6 is 0 Å². The van der Waals surface area contributed by atoms with Crippen LogP contribution in [0.3, 0.4) is 0 Å². The number of nitrogens with one attached hydrogen (secondary N) is 2. The number of fused-ring (bicyclic) bond motifs is 3. The fourth-order valence-electron chi connectivity index (χ4n) is 4.22. The monoisotopic (exact) mass is 346 g/mol. The second-order valence-corrected chi connectivity index (χ2v) is 9.29. The average Bonchev–Trinajstić information content (AvgIpc) is 2.94. The van der Waals surface area contributed by atoms with E-state index in [0.29, 0.717) is 10.8 Å². The molecule has 2 N–H and O–H groups in total. The van der Waals surface area contributed by atoms with Crippen LogP contribution in [0.25, 0.3) is 10.9 Å². The van der Waals surface area contributed by atoms with Crippen LogP contribution in [0.15, 0.2) is 23.1 Å². The minimum Gasteiger partial charge on any atom is -0.358 e. The number of sulfonamides is 1. The summed E-state index contributed by atoms with van der Waals surface area (Å²) in [6, 6.07) is 5.61. The normalized spacial score (nSPS) is 24.9. The average molecular weight is 346 g/mol. The zero-order valence-electron chi connectivity index (χ0n) is 14.3. The van der Waals surface area contributed by atoms with Gasteiger partial charge in [-0.1, -0.05) is 6.92 Å². The summed E-state index contributed by atoms with van der Waals surface area (Å²) in [6.07, 6.45) is 8.64. The van der Waals surface area contributed by atoms with Crippen molar-refractivity contribution in [3.63, 3.8) is 0 Å². The lowest BCUT2D eigenvalue weighted by Crippen LogP contribution is -2.37. The van der Waals surface area contributed by atoms with Gasteiger partial charge in [0.1, 0.15) is 0 Å². The van der Waals surface area contributed by atoms with Crippen LogP contribution < -0.4 is 4.72 Å². The van der Waals surface area contributed by atoms with Gasteiger partial charge in [-0.25, -0.2) is 13.1 Å². The van der Waals surface area contributed by atoms with E-state index in [1.54, 1.807) is 6.07 Å². The molecule has 4 nitrogen and oxygen atoms in total. The zero-order chi connectivity index (χ0) is 16.7. The van der Waals surface area contributed by atoms with Crippen molar-refractivity contribution in [1.82, 2.24) is 9.71 Å². The molecule has 0 spiro atoms. The molecule has 4 rings (SSSR count). The molecule has 5 heteroatoms. The first-order valence-corrected chi connectivity index (χ1v) is 10.7. The first-order chi connectivity index (χ1) is 11.5. The molecule has 0 amide bonds. The Morgan fingerprint density at radius 3 is 2.62 bits per heavy atom. The van der Waals surface area contributed by atoms with Crippen LogP contribution in [0.1, 0.15) is 56.7 Å². The minimum atomic E-state index is -3.44. The van der Waals surface area contributed by atoms with Gasteiger partial charge >= 0.3 is 0 Å². The number of H-pyrrole nitrogens is 1. The number of rotatable bonds is 3. The maximum atomic E-state index is 12.8.